The minimum absolute atomic E-state index is 0.468. The van der Waals surface area contributed by atoms with E-state index >= 15 is 0 Å². The summed E-state index contributed by atoms with van der Waals surface area (Å²) in [5.41, 5.74) is 0. The van der Waals surface area contributed by atoms with Crippen molar-refractivity contribution in [2.24, 2.45) is 5.92 Å². The van der Waals surface area contributed by atoms with E-state index in [0.717, 1.165) is 12.8 Å². The van der Waals surface area contributed by atoms with Gasteiger partial charge in [-0.05, 0) is 6.42 Å². The molecule has 0 aliphatic rings. The fourth-order valence-corrected chi connectivity index (χ4v) is 3.02. The summed E-state index contributed by atoms with van der Waals surface area (Å²) in [4.78, 5) is 0. The molecule has 0 spiro atoms. The van der Waals surface area contributed by atoms with Crippen LogP contribution >= 0.6 is 0 Å². The van der Waals surface area contributed by atoms with Crippen LogP contribution in [0.5, 0.6) is 0 Å². The summed E-state index contributed by atoms with van der Waals surface area (Å²) in [6.45, 7) is 3.94. The molecule has 3 N–H and O–H groups in total. The van der Waals surface area contributed by atoms with Crippen LogP contribution < -0.4 is 0 Å². The Morgan fingerprint density at radius 1 is 0.565 bits per heavy atom. The molecule has 0 aliphatic carbocycles. The van der Waals surface area contributed by atoms with Crippen molar-refractivity contribution in [1.29, 1.82) is 0 Å². The van der Waals surface area contributed by atoms with Gasteiger partial charge in [-0.3, -0.25) is 0 Å². The van der Waals surface area contributed by atoms with Crippen LogP contribution in [0.1, 0.15) is 117 Å². The van der Waals surface area contributed by atoms with E-state index in [1.807, 2.05) is 0 Å². The van der Waals surface area contributed by atoms with Crippen molar-refractivity contribution in [3.8, 4) is 0 Å². The molecule has 0 aromatic rings. The van der Waals surface area contributed by atoms with E-state index < -0.39 is 11.9 Å². The second-order valence-electron chi connectivity index (χ2n) is 7.33. The summed E-state index contributed by atoms with van der Waals surface area (Å²) in [6.07, 6.45) is 20.6. The van der Waals surface area contributed by atoms with Crippen LogP contribution in [0.25, 0.3) is 0 Å². The lowest BCUT2D eigenvalue weighted by Gasteiger charge is -2.21. The Morgan fingerprint density at radius 3 is 1.17 bits per heavy atom. The molecule has 0 rings (SSSR count). The molecule has 0 aromatic heterocycles. The van der Waals surface area contributed by atoms with Gasteiger partial charge in [-0.2, -0.15) is 0 Å². The van der Waals surface area contributed by atoms with Gasteiger partial charge in [0, 0.05) is 5.92 Å². The molecule has 0 amide bonds. The number of hydrogen-bond acceptors (Lipinski definition) is 3. The molecule has 0 aliphatic heterocycles. The van der Waals surface area contributed by atoms with Gasteiger partial charge in [-0.25, -0.2) is 0 Å². The summed E-state index contributed by atoms with van der Waals surface area (Å²) in [5.74, 6) is -2.97. The van der Waals surface area contributed by atoms with Crippen LogP contribution in [0.3, 0.4) is 0 Å². The van der Waals surface area contributed by atoms with Crippen LogP contribution in [0.15, 0.2) is 0 Å². The second kappa shape index (κ2) is 15.4. The summed E-state index contributed by atoms with van der Waals surface area (Å²) in [6, 6.07) is 0. The number of hydrogen-bond donors (Lipinski definition) is 3. The predicted molar refractivity (Wildman–Crippen MR) is 98.1 cm³/mol. The lowest BCUT2D eigenvalue weighted by molar-refractivity contribution is -0.339. The molecular formula is C20H42O3. The molecule has 1 unspecified atom stereocenters. The normalized spacial score (nSPS) is 13.4. The Morgan fingerprint density at radius 2 is 0.870 bits per heavy atom. The first-order valence-corrected chi connectivity index (χ1v) is 10.2. The molecule has 3 heteroatoms. The molecule has 140 valence electrons. The van der Waals surface area contributed by atoms with Crippen LogP contribution in [0.2, 0.25) is 0 Å². The van der Waals surface area contributed by atoms with Crippen LogP contribution in [0, 0.1) is 5.92 Å². The molecular weight excluding hydrogens is 288 g/mol. The lowest BCUT2D eigenvalue weighted by atomic mass is 9.99. The fraction of sp³-hybridized carbons (Fsp3) is 1.00. The maximum absolute atomic E-state index is 9.01. The van der Waals surface area contributed by atoms with Crippen molar-refractivity contribution in [1.82, 2.24) is 0 Å². The third kappa shape index (κ3) is 16.5. The first kappa shape index (κ1) is 22.9. The quantitative estimate of drug-likeness (QED) is 0.243. The SMILES string of the molecule is CCCCCCCCCCCCCCCCCC(C)C(O)(O)O. The van der Waals surface area contributed by atoms with Gasteiger partial charge >= 0.3 is 0 Å². The number of rotatable bonds is 17. The molecule has 0 saturated carbocycles. The zero-order valence-electron chi connectivity index (χ0n) is 15.7. The maximum atomic E-state index is 9.01. The van der Waals surface area contributed by atoms with Gasteiger partial charge in [-0.1, -0.05) is 110 Å². The molecule has 1 atom stereocenters. The van der Waals surface area contributed by atoms with E-state index in [2.05, 4.69) is 6.92 Å². The van der Waals surface area contributed by atoms with Crippen molar-refractivity contribution in [2.75, 3.05) is 0 Å². The van der Waals surface area contributed by atoms with Gasteiger partial charge in [0.15, 0.2) is 0 Å². The Bertz CT molecular complexity index is 236. The maximum Gasteiger partial charge on any atom is 0.277 e. The smallest absolute Gasteiger partial charge is 0.277 e. The molecule has 0 fully saturated rings. The molecule has 0 bridgehead atoms. The van der Waals surface area contributed by atoms with Crippen molar-refractivity contribution in [3.05, 3.63) is 0 Å². The molecule has 23 heavy (non-hydrogen) atoms. The number of unbranched alkanes of at least 4 members (excludes halogenated alkanes) is 14. The Hall–Kier alpha value is -0.120. The van der Waals surface area contributed by atoms with E-state index in [4.69, 9.17) is 15.3 Å². The van der Waals surface area contributed by atoms with Crippen molar-refractivity contribution >= 4 is 0 Å². The minimum atomic E-state index is -2.50. The lowest BCUT2D eigenvalue weighted by Crippen LogP contribution is -2.35. The molecule has 0 saturated heterocycles. The van der Waals surface area contributed by atoms with E-state index in [0.29, 0.717) is 6.42 Å². The van der Waals surface area contributed by atoms with Gasteiger partial charge in [0.1, 0.15) is 0 Å². The van der Waals surface area contributed by atoms with Crippen LogP contribution in [0.4, 0.5) is 0 Å². The highest BCUT2D eigenvalue weighted by molar-refractivity contribution is 4.60. The summed E-state index contributed by atoms with van der Waals surface area (Å²) in [5, 5.41) is 27.0. The summed E-state index contributed by atoms with van der Waals surface area (Å²) < 4.78 is 0. The highest BCUT2D eigenvalue weighted by Gasteiger charge is 2.26. The average molecular weight is 331 g/mol. The monoisotopic (exact) mass is 330 g/mol. The topological polar surface area (TPSA) is 60.7 Å². The van der Waals surface area contributed by atoms with Gasteiger partial charge in [0.2, 0.25) is 0 Å². The Labute approximate surface area is 144 Å². The number of aliphatic hydroxyl groups is 3. The van der Waals surface area contributed by atoms with Crippen molar-refractivity contribution in [2.45, 2.75) is 123 Å². The molecule has 0 aromatic carbocycles. The standard InChI is InChI=1S/C20H42O3/c1-3-4-5-6-7-8-9-10-11-12-13-14-15-16-17-18-19(2)20(21,22)23/h19,21-23H,3-18H2,1-2H3. The Kier molecular flexibility index (Phi) is 15.3. The van der Waals surface area contributed by atoms with Gasteiger partial charge < -0.3 is 15.3 Å². The first-order chi connectivity index (χ1) is 11.0. The van der Waals surface area contributed by atoms with E-state index in [1.54, 1.807) is 6.92 Å². The molecule has 0 radical (unpaired) electrons. The second-order valence-corrected chi connectivity index (χ2v) is 7.33. The average Bonchev–Trinajstić information content (AvgIpc) is 2.50. The highest BCUT2D eigenvalue weighted by atomic mass is 16.7. The van der Waals surface area contributed by atoms with Gasteiger partial charge in [0.25, 0.3) is 5.97 Å². The first-order valence-electron chi connectivity index (χ1n) is 10.2. The van der Waals surface area contributed by atoms with Gasteiger partial charge in [-0.15, -0.1) is 0 Å². The van der Waals surface area contributed by atoms with E-state index in [1.165, 1.54) is 83.5 Å². The third-order valence-electron chi connectivity index (χ3n) is 4.90. The van der Waals surface area contributed by atoms with Crippen LogP contribution in [-0.4, -0.2) is 21.3 Å². The molecule has 0 heterocycles. The highest BCUT2D eigenvalue weighted by Crippen LogP contribution is 2.19. The van der Waals surface area contributed by atoms with Crippen molar-refractivity contribution < 1.29 is 15.3 Å². The Balaban J connectivity index is 3.11. The third-order valence-corrected chi connectivity index (χ3v) is 4.90. The predicted octanol–water partition coefficient (Wildman–Crippen LogP) is 5.51. The molecule has 3 nitrogen and oxygen atoms in total. The minimum Gasteiger partial charge on any atom is -0.343 e. The summed E-state index contributed by atoms with van der Waals surface area (Å²) in [7, 11) is 0. The zero-order chi connectivity index (χ0) is 17.4. The van der Waals surface area contributed by atoms with Gasteiger partial charge in [0.05, 0.1) is 0 Å². The summed E-state index contributed by atoms with van der Waals surface area (Å²) >= 11 is 0. The van der Waals surface area contributed by atoms with E-state index in [-0.39, 0.29) is 0 Å². The zero-order valence-corrected chi connectivity index (χ0v) is 15.7. The largest absolute Gasteiger partial charge is 0.343 e. The van der Waals surface area contributed by atoms with E-state index in [9.17, 15) is 0 Å². The van der Waals surface area contributed by atoms with Crippen molar-refractivity contribution in [3.63, 3.8) is 0 Å². The van der Waals surface area contributed by atoms with Crippen LogP contribution in [-0.2, 0) is 0 Å². The fourth-order valence-electron chi connectivity index (χ4n) is 3.02.